The second-order valence-corrected chi connectivity index (χ2v) is 6.57. The van der Waals surface area contributed by atoms with E-state index in [0.717, 1.165) is 33.4 Å². The average Bonchev–Trinajstić information content (AvgIpc) is 2.80. The number of phenolic OH excluding ortho intramolecular Hbond substituents is 3. The van der Waals surface area contributed by atoms with Crippen LogP contribution in [0, 0.1) is 20.8 Å². The quantitative estimate of drug-likeness (QED) is 0.373. The Morgan fingerprint density at radius 1 is 0.452 bits per heavy atom. The standard InChI is InChI=1S/C22H22O3.3C2H6/c1-13-10-16(4-7-19(13)23)22(17-5-8-20(24)14(2)11-17)18-6-9-21(25)15(3)12-18;3*1-2/h4-12,22-25H,1-3H3;3*1-2H3. The van der Waals surface area contributed by atoms with Crippen molar-refractivity contribution >= 4 is 0 Å². The largest absolute Gasteiger partial charge is 0.508 e. The van der Waals surface area contributed by atoms with E-state index >= 15 is 0 Å². The molecule has 0 aliphatic rings. The van der Waals surface area contributed by atoms with Crippen molar-refractivity contribution in [2.75, 3.05) is 0 Å². The van der Waals surface area contributed by atoms with Crippen LogP contribution in [0.25, 0.3) is 0 Å². The van der Waals surface area contributed by atoms with Gasteiger partial charge in [-0.15, -0.1) is 0 Å². The molecule has 0 atom stereocenters. The van der Waals surface area contributed by atoms with Crippen LogP contribution in [0.1, 0.15) is 80.8 Å². The van der Waals surface area contributed by atoms with E-state index in [1.54, 1.807) is 18.2 Å². The van der Waals surface area contributed by atoms with Crippen molar-refractivity contribution in [2.24, 2.45) is 0 Å². The Bertz CT molecular complexity index is 807. The van der Waals surface area contributed by atoms with Gasteiger partial charge in [0.05, 0.1) is 0 Å². The lowest BCUT2D eigenvalue weighted by molar-refractivity contribution is 0.470. The predicted molar refractivity (Wildman–Crippen MR) is 134 cm³/mol. The maximum atomic E-state index is 9.86. The summed E-state index contributed by atoms with van der Waals surface area (Å²) in [6.45, 7) is 17.6. The molecule has 31 heavy (non-hydrogen) atoms. The molecule has 3 rings (SSSR count). The number of hydrogen-bond donors (Lipinski definition) is 3. The van der Waals surface area contributed by atoms with Gasteiger partial charge in [-0.05, 0) is 72.4 Å². The Morgan fingerprint density at radius 2 is 0.677 bits per heavy atom. The lowest BCUT2D eigenvalue weighted by Gasteiger charge is -2.21. The summed E-state index contributed by atoms with van der Waals surface area (Å²) in [7, 11) is 0. The highest BCUT2D eigenvalue weighted by Crippen LogP contribution is 2.36. The fraction of sp³-hybridized carbons (Fsp3) is 0.357. The summed E-state index contributed by atoms with van der Waals surface area (Å²) in [6, 6.07) is 16.8. The topological polar surface area (TPSA) is 60.7 Å². The minimum absolute atomic E-state index is 0.0575. The van der Waals surface area contributed by atoms with E-state index in [1.165, 1.54) is 0 Å². The summed E-state index contributed by atoms with van der Waals surface area (Å²) in [6.07, 6.45) is 0. The number of benzene rings is 3. The molecule has 3 heteroatoms. The Labute approximate surface area is 189 Å². The maximum Gasteiger partial charge on any atom is 0.118 e. The van der Waals surface area contributed by atoms with Crippen LogP contribution in [0.15, 0.2) is 54.6 Å². The van der Waals surface area contributed by atoms with Crippen LogP contribution in [-0.4, -0.2) is 15.3 Å². The van der Waals surface area contributed by atoms with Crippen molar-refractivity contribution in [3.05, 3.63) is 88.0 Å². The fourth-order valence-electron chi connectivity index (χ4n) is 3.15. The molecule has 170 valence electrons. The molecule has 3 aromatic carbocycles. The van der Waals surface area contributed by atoms with Gasteiger partial charge in [0.2, 0.25) is 0 Å². The van der Waals surface area contributed by atoms with Crippen molar-refractivity contribution in [2.45, 2.75) is 68.2 Å². The van der Waals surface area contributed by atoms with Crippen molar-refractivity contribution in [1.29, 1.82) is 0 Å². The summed E-state index contributed by atoms with van der Waals surface area (Å²) in [4.78, 5) is 0. The van der Waals surface area contributed by atoms with Crippen LogP contribution in [0.3, 0.4) is 0 Å². The summed E-state index contributed by atoms with van der Waals surface area (Å²) in [5.41, 5.74) is 5.58. The summed E-state index contributed by atoms with van der Waals surface area (Å²) in [5, 5.41) is 29.6. The zero-order valence-electron chi connectivity index (χ0n) is 20.6. The molecule has 3 N–H and O–H groups in total. The average molecular weight is 425 g/mol. The maximum absolute atomic E-state index is 9.86. The minimum atomic E-state index is -0.0575. The van der Waals surface area contributed by atoms with E-state index in [-0.39, 0.29) is 23.2 Å². The SMILES string of the molecule is CC.CC.CC.Cc1cc(C(c2ccc(O)c(C)c2)c2ccc(O)c(C)c2)ccc1O. The van der Waals surface area contributed by atoms with E-state index in [0.29, 0.717) is 0 Å². The van der Waals surface area contributed by atoms with E-state index in [4.69, 9.17) is 0 Å². The van der Waals surface area contributed by atoms with Crippen molar-refractivity contribution < 1.29 is 15.3 Å². The summed E-state index contributed by atoms with van der Waals surface area (Å²) < 4.78 is 0. The van der Waals surface area contributed by atoms with E-state index < -0.39 is 0 Å². The van der Waals surface area contributed by atoms with Gasteiger partial charge in [0.25, 0.3) is 0 Å². The molecule has 3 nitrogen and oxygen atoms in total. The van der Waals surface area contributed by atoms with Gasteiger partial charge in [0, 0.05) is 5.92 Å². The first kappa shape index (κ1) is 28.1. The second-order valence-electron chi connectivity index (χ2n) is 6.57. The highest BCUT2D eigenvalue weighted by atomic mass is 16.3. The van der Waals surface area contributed by atoms with Gasteiger partial charge in [0.1, 0.15) is 17.2 Å². The lowest BCUT2D eigenvalue weighted by Crippen LogP contribution is -2.04. The molecule has 0 heterocycles. The van der Waals surface area contributed by atoms with Gasteiger partial charge in [-0.2, -0.15) is 0 Å². The first-order valence-electron chi connectivity index (χ1n) is 11.3. The molecule has 3 aromatic rings. The first-order chi connectivity index (χ1) is 14.9. The van der Waals surface area contributed by atoms with E-state index in [9.17, 15) is 15.3 Å². The van der Waals surface area contributed by atoms with Crippen LogP contribution in [0.4, 0.5) is 0 Å². The molecule has 0 spiro atoms. The molecule has 0 radical (unpaired) electrons. The number of rotatable bonds is 3. The van der Waals surface area contributed by atoms with Crippen molar-refractivity contribution in [1.82, 2.24) is 0 Å². The van der Waals surface area contributed by atoms with Gasteiger partial charge in [-0.25, -0.2) is 0 Å². The Kier molecular flexibility index (Phi) is 12.8. The second kappa shape index (κ2) is 14.1. The molecule has 0 aromatic heterocycles. The molecule has 0 amide bonds. The number of aromatic hydroxyl groups is 3. The van der Waals surface area contributed by atoms with E-state index in [2.05, 4.69) is 0 Å². The van der Waals surface area contributed by atoms with Gasteiger partial charge < -0.3 is 15.3 Å². The third kappa shape index (κ3) is 7.36. The van der Waals surface area contributed by atoms with Gasteiger partial charge in [-0.1, -0.05) is 77.9 Å². The molecule has 0 saturated heterocycles. The molecule has 0 saturated carbocycles. The molecule has 0 bridgehead atoms. The summed E-state index contributed by atoms with van der Waals surface area (Å²) >= 11 is 0. The fourth-order valence-corrected chi connectivity index (χ4v) is 3.15. The van der Waals surface area contributed by atoms with Crippen molar-refractivity contribution in [3.8, 4) is 17.2 Å². The number of hydrogen-bond acceptors (Lipinski definition) is 3. The van der Waals surface area contributed by atoms with Crippen LogP contribution < -0.4 is 0 Å². The molecular weight excluding hydrogens is 384 g/mol. The Morgan fingerprint density at radius 3 is 0.871 bits per heavy atom. The third-order valence-corrected chi connectivity index (χ3v) is 4.66. The zero-order chi connectivity index (χ0) is 24.1. The number of aryl methyl sites for hydroxylation is 3. The smallest absolute Gasteiger partial charge is 0.118 e. The highest BCUT2D eigenvalue weighted by molar-refractivity contribution is 5.50. The first-order valence-corrected chi connectivity index (χ1v) is 11.3. The highest BCUT2D eigenvalue weighted by Gasteiger charge is 2.19. The minimum Gasteiger partial charge on any atom is -0.508 e. The lowest BCUT2D eigenvalue weighted by atomic mass is 9.83. The third-order valence-electron chi connectivity index (χ3n) is 4.66. The van der Waals surface area contributed by atoms with Gasteiger partial charge >= 0.3 is 0 Å². The zero-order valence-corrected chi connectivity index (χ0v) is 20.6. The molecule has 0 fully saturated rings. The van der Waals surface area contributed by atoms with E-state index in [1.807, 2.05) is 98.7 Å². The number of phenols is 3. The van der Waals surface area contributed by atoms with Crippen LogP contribution >= 0.6 is 0 Å². The molecule has 0 aliphatic heterocycles. The predicted octanol–water partition coefficient (Wildman–Crippen LogP) is 7.99. The van der Waals surface area contributed by atoms with Crippen LogP contribution in [-0.2, 0) is 0 Å². The van der Waals surface area contributed by atoms with Crippen LogP contribution in [0.2, 0.25) is 0 Å². The Hall–Kier alpha value is -2.94. The normalized spacial score (nSPS) is 9.48. The van der Waals surface area contributed by atoms with Crippen LogP contribution in [0.5, 0.6) is 17.2 Å². The summed E-state index contributed by atoms with van der Waals surface area (Å²) in [5.74, 6) is 0.752. The molecule has 0 aliphatic carbocycles. The Balaban J connectivity index is 0.00000138. The van der Waals surface area contributed by atoms with Crippen molar-refractivity contribution in [3.63, 3.8) is 0 Å². The molecular formula is C28H40O3. The van der Waals surface area contributed by atoms with Gasteiger partial charge in [0.15, 0.2) is 0 Å². The van der Waals surface area contributed by atoms with Gasteiger partial charge in [-0.3, -0.25) is 0 Å². The monoisotopic (exact) mass is 424 g/mol. The molecule has 0 unspecified atom stereocenters.